The van der Waals surface area contributed by atoms with Crippen molar-refractivity contribution in [3.63, 3.8) is 0 Å². The van der Waals surface area contributed by atoms with Crippen molar-refractivity contribution in [2.75, 3.05) is 25.0 Å². The maximum atomic E-state index is 13.6. The summed E-state index contributed by atoms with van der Waals surface area (Å²) in [6.45, 7) is 7.53. The number of sulfonamides is 1. The molecule has 3 rings (SSSR count). The molecule has 1 saturated heterocycles. The van der Waals surface area contributed by atoms with Gasteiger partial charge in [-0.2, -0.15) is 4.31 Å². The maximum absolute atomic E-state index is 13.6. The van der Waals surface area contributed by atoms with Gasteiger partial charge < -0.3 is 14.6 Å². The fourth-order valence-electron chi connectivity index (χ4n) is 4.06. The highest BCUT2D eigenvalue weighted by atomic mass is 32.2. The molecule has 0 spiro atoms. The molecule has 0 radical (unpaired) electrons. The van der Waals surface area contributed by atoms with Gasteiger partial charge in [-0.25, -0.2) is 13.2 Å². The number of aryl methyl sites for hydroxylation is 1. The number of carbonyl (C=O) groups excluding carboxylic acids is 2. The van der Waals surface area contributed by atoms with Crippen LogP contribution in [0.5, 0.6) is 0 Å². The lowest BCUT2D eigenvalue weighted by Crippen LogP contribution is -2.44. The summed E-state index contributed by atoms with van der Waals surface area (Å²) in [5.41, 5.74) is 2.84. The van der Waals surface area contributed by atoms with Crippen LogP contribution >= 0.6 is 0 Å². The molecule has 8 nitrogen and oxygen atoms in total. The number of amides is 1. The standard InChI is InChI=1S/C23H31N3O5S/c1-6-31-23(28)20-16(3)25(5)17(4)21(20)32(29,30)26-13-7-8-18(14-26)22(27)24-19-11-9-15(2)10-12-19/h9-12,18H,6-8,13-14H2,1-5H3,(H,24,27)/t18-/m1/s1. The first kappa shape index (κ1) is 24.0. The van der Waals surface area contributed by atoms with E-state index in [0.29, 0.717) is 36.5 Å². The van der Waals surface area contributed by atoms with Gasteiger partial charge in [0.1, 0.15) is 10.5 Å². The number of aromatic nitrogens is 1. The molecular weight excluding hydrogens is 430 g/mol. The normalized spacial score (nSPS) is 17.2. The van der Waals surface area contributed by atoms with Crippen LogP contribution < -0.4 is 5.32 Å². The Hall–Kier alpha value is -2.65. The van der Waals surface area contributed by atoms with E-state index in [2.05, 4.69) is 5.32 Å². The zero-order chi connectivity index (χ0) is 23.6. The number of nitrogens with zero attached hydrogens (tertiary/aromatic N) is 2. The number of carbonyl (C=O) groups is 2. The van der Waals surface area contributed by atoms with Crippen molar-refractivity contribution >= 4 is 27.6 Å². The lowest BCUT2D eigenvalue weighted by molar-refractivity contribution is -0.120. The average Bonchev–Trinajstić information content (AvgIpc) is 3.00. The minimum absolute atomic E-state index is 0.0319. The number of rotatable bonds is 6. The fraction of sp³-hybridized carbons (Fsp3) is 0.478. The molecule has 1 aromatic heterocycles. The smallest absolute Gasteiger partial charge is 0.341 e. The molecule has 0 unspecified atom stereocenters. The van der Waals surface area contributed by atoms with E-state index in [1.54, 1.807) is 32.4 Å². The third-order valence-electron chi connectivity index (χ3n) is 6.08. The third kappa shape index (κ3) is 4.59. The molecule has 1 aromatic carbocycles. The zero-order valence-corrected chi connectivity index (χ0v) is 20.1. The summed E-state index contributed by atoms with van der Waals surface area (Å²) in [6.07, 6.45) is 1.16. The van der Waals surface area contributed by atoms with Gasteiger partial charge in [0, 0.05) is 37.2 Å². The molecule has 1 amide bonds. The van der Waals surface area contributed by atoms with E-state index in [-0.39, 0.29) is 29.5 Å². The summed E-state index contributed by atoms with van der Waals surface area (Å²) in [6, 6.07) is 7.47. The van der Waals surface area contributed by atoms with Crippen molar-refractivity contribution in [1.82, 2.24) is 8.87 Å². The number of nitrogens with one attached hydrogen (secondary N) is 1. The Morgan fingerprint density at radius 1 is 1.12 bits per heavy atom. The first-order chi connectivity index (χ1) is 15.1. The largest absolute Gasteiger partial charge is 0.462 e. The highest BCUT2D eigenvalue weighted by Gasteiger charge is 2.39. The van der Waals surface area contributed by atoms with E-state index >= 15 is 0 Å². The summed E-state index contributed by atoms with van der Waals surface area (Å²) in [7, 11) is -2.28. The van der Waals surface area contributed by atoms with Gasteiger partial charge in [-0.1, -0.05) is 17.7 Å². The van der Waals surface area contributed by atoms with Gasteiger partial charge in [-0.15, -0.1) is 0 Å². The molecule has 1 N–H and O–H groups in total. The van der Waals surface area contributed by atoms with E-state index in [4.69, 9.17) is 4.74 Å². The monoisotopic (exact) mass is 461 g/mol. The van der Waals surface area contributed by atoms with Gasteiger partial charge >= 0.3 is 5.97 Å². The molecule has 32 heavy (non-hydrogen) atoms. The second kappa shape index (κ2) is 9.46. The fourth-order valence-corrected chi connectivity index (χ4v) is 6.06. The first-order valence-electron chi connectivity index (χ1n) is 10.8. The number of esters is 1. The molecule has 1 atom stereocenters. The van der Waals surface area contributed by atoms with Gasteiger partial charge in [-0.3, -0.25) is 4.79 Å². The Labute approximate surface area is 189 Å². The summed E-state index contributed by atoms with van der Waals surface area (Å²) in [5.74, 6) is -1.34. The molecular formula is C23H31N3O5S. The van der Waals surface area contributed by atoms with Crippen molar-refractivity contribution < 1.29 is 22.7 Å². The first-order valence-corrected chi connectivity index (χ1v) is 12.2. The highest BCUT2D eigenvalue weighted by molar-refractivity contribution is 7.89. The van der Waals surface area contributed by atoms with Gasteiger partial charge in [0.15, 0.2) is 0 Å². The SMILES string of the molecule is CCOC(=O)c1c(S(=O)(=O)N2CCC[C@@H](C(=O)Nc3ccc(C)cc3)C2)c(C)n(C)c1C. The van der Waals surface area contributed by atoms with Crippen molar-refractivity contribution in [3.8, 4) is 0 Å². The van der Waals surface area contributed by atoms with Crippen LogP contribution in [-0.2, 0) is 26.6 Å². The summed E-state index contributed by atoms with van der Waals surface area (Å²) in [5, 5.41) is 2.88. The van der Waals surface area contributed by atoms with Crippen LogP contribution in [0.3, 0.4) is 0 Å². The second-order valence-electron chi connectivity index (χ2n) is 8.21. The summed E-state index contributed by atoms with van der Waals surface area (Å²) >= 11 is 0. The molecule has 9 heteroatoms. The Kier molecular flexibility index (Phi) is 7.09. The number of ether oxygens (including phenoxy) is 1. The number of piperidine rings is 1. The molecule has 0 bridgehead atoms. The predicted octanol–water partition coefficient (Wildman–Crippen LogP) is 3.17. The Morgan fingerprint density at radius 3 is 2.41 bits per heavy atom. The van der Waals surface area contributed by atoms with E-state index in [0.717, 1.165) is 5.56 Å². The van der Waals surface area contributed by atoms with Crippen LogP contribution in [0, 0.1) is 26.7 Å². The summed E-state index contributed by atoms with van der Waals surface area (Å²) < 4.78 is 35.4. The molecule has 1 fully saturated rings. The van der Waals surface area contributed by atoms with Crippen molar-refractivity contribution in [1.29, 1.82) is 0 Å². The number of anilines is 1. The van der Waals surface area contributed by atoms with E-state index < -0.39 is 21.9 Å². The van der Waals surface area contributed by atoms with Crippen molar-refractivity contribution in [2.45, 2.75) is 45.4 Å². The third-order valence-corrected chi connectivity index (χ3v) is 8.10. The molecule has 0 aliphatic carbocycles. The Balaban J connectivity index is 1.87. The minimum atomic E-state index is -4.00. The molecule has 0 saturated carbocycles. The Bertz CT molecular complexity index is 1120. The topological polar surface area (TPSA) is 97.7 Å². The van der Waals surface area contributed by atoms with Crippen LogP contribution in [0.4, 0.5) is 5.69 Å². The number of hydrogen-bond acceptors (Lipinski definition) is 5. The number of benzene rings is 1. The van der Waals surface area contributed by atoms with Crippen LogP contribution in [0.15, 0.2) is 29.2 Å². The molecule has 1 aliphatic rings. The van der Waals surface area contributed by atoms with Crippen LogP contribution in [0.2, 0.25) is 0 Å². The summed E-state index contributed by atoms with van der Waals surface area (Å²) in [4.78, 5) is 25.4. The molecule has 1 aliphatic heterocycles. The molecule has 2 heterocycles. The molecule has 2 aromatic rings. The van der Waals surface area contributed by atoms with Crippen LogP contribution in [0.25, 0.3) is 0 Å². The predicted molar refractivity (Wildman–Crippen MR) is 122 cm³/mol. The van der Waals surface area contributed by atoms with Gasteiger partial charge in [0.2, 0.25) is 15.9 Å². The van der Waals surface area contributed by atoms with Gasteiger partial charge in [-0.05, 0) is 52.7 Å². The van der Waals surface area contributed by atoms with Gasteiger partial charge in [0.25, 0.3) is 0 Å². The van der Waals surface area contributed by atoms with E-state index in [9.17, 15) is 18.0 Å². The Morgan fingerprint density at radius 2 is 1.78 bits per heavy atom. The quantitative estimate of drug-likeness (QED) is 0.667. The van der Waals surface area contributed by atoms with Gasteiger partial charge in [0.05, 0.1) is 12.5 Å². The maximum Gasteiger partial charge on any atom is 0.341 e. The minimum Gasteiger partial charge on any atom is -0.462 e. The zero-order valence-electron chi connectivity index (χ0n) is 19.3. The lowest BCUT2D eigenvalue weighted by atomic mass is 9.98. The lowest BCUT2D eigenvalue weighted by Gasteiger charge is -2.31. The average molecular weight is 462 g/mol. The number of hydrogen-bond donors (Lipinski definition) is 1. The second-order valence-corrected chi connectivity index (χ2v) is 10.1. The van der Waals surface area contributed by atoms with Crippen molar-refractivity contribution in [2.24, 2.45) is 13.0 Å². The highest BCUT2D eigenvalue weighted by Crippen LogP contribution is 2.32. The molecule has 174 valence electrons. The van der Waals surface area contributed by atoms with Crippen LogP contribution in [-0.4, -0.2) is 48.9 Å². The van der Waals surface area contributed by atoms with E-state index in [1.807, 2.05) is 31.2 Å². The van der Waals surface area contributed by atoms with Crippen LogP contribution in [0.1, 0.15) is 47.1 Å². The van der Waals surface area contributed by atoms with E-state index in [1.165, 1.54) is 4.31 Å². The van der Waals surface area contributed by atoms with Crippen molar-refractivity contribution in [3.05, 3.63) is 46.8 Å².